The van der Waals surface area contributed by atoms with Gasteiger partial charge in [-0.05, 0) is 30.0 Å². The smallest absolute Gasteiger partial charge is 0.293 e. The Morgan fingerprint density at radius 3 is 2.24 bits per heavy atom. The Balaban J connectivity index is 2.16. The molecule has 0 atom stereocenters. The second-order valence-corrected chi connectivity index (χ2v) is 5.74. The zero-order valence-corrected chi connectivity index (χ0v) is 13.6. The van der Waals surface area contributed by atoms with Gasteiger partial charge in [0.2, 0.25) is 0 Å². The maximum atomic E-state index is 11.8. The third-order valence-corrected chi connectivity index (χ3v) is 3.53. The van der Waals surface area contributed by atoms with E-state index in [2.05, 4.69) is 20.8 Å². The minimum Gasteiger partial charge on any atom is -0.293 e. The van der Waals surface area contributed by atoms with Crippen LogP contribution < -0.4 is 0 Å². The van der Waals surface area contributed by atoms with Crippen molar-refractivity contribution in [1.29, 1.82) is 0 Å². The summed E-state index contributed by atoms with van der Waals surface area (Å²) in [5, 5.41) is 0. The summed E-state index contributed by atoms with van der Waals surface area (Å²) in [5.41, 5.74) is 1.74. The highest BCUT2D eigenvalue weighted by atomic mass is 17.2. The molecule has 0 aliphatic heterocycles. The lowest BCUT2D eigenvalue weighted by atomic mass is 10.0. The van der Waals surface area contributed by atoms with E-state index >= 15 is 0 Å². The van der Waals surface area contributed by atoms with Gasteiger partial charge in [-0.3, -0.25) is 4.89 Å². The SMILES string of the molecule is CCCCCCCCOOC(=O)c1ccc(C(C)C)cc1. The highest BCUT2D eigenvalue weighted by Crippen LogP contribution is 2.15. The average molecular weight is 292 g/mol. The van der Waals surface area contributed by atoms with Crippen molar-refractivity contribution in [3.63, 3.8) is 0 Å². The average Bonchev–Trinajstić information content (AvgIpc) is 2.49. The summed E-state index contributed by atoms with van der Waals surface area (Å²) in [4.78, 5) is 21.6. The summed E-state index contributed by atoms with van der Waals surface area (Å²) in [6.07, 6.45) is 7.11. The highest BCUT2D eigenvalue weighted by molar-refractivity contribution is 5.88. The first-order valence-corrected chi connectivity index (χ1v) is 8.09. The molecule has 0 aliphatic rings. The summed E-state index contributed by atoms with van der Waals surface area (Å²) < 4.78 is 0. The largest absolute Gasteiger partial charge is 0.373 e. The number of carbonyl (C=O) groups excluding carboxylic acids is 1. The normalized spacial score (nSPS) is 10.9. The van der Waals surface area contributed by atoms with Gasteiger partial charge in [-0.1, -0.05) is 65.0 Å². The van der Waals surface area contributed by atoms with Gasteiger partial charge >= 0.3 is 5.97 Å². The molecule has 0 saturated carbocycles. The number of hydrogen-bond donors (Lipinski definition) is 0. The van der Waals surface area contributed by atoms with Crippen molar-refractivity contribution in [2.75, 3.05) is 6.61 Å². The molecule has 1 aromatic carbocycles. The van der Waals surface area contributed by atoms with Crippen molar-refractivity contribution in [3.8, 4) is 0 Å². The number of hydrogen-bond acceptors (Lipinski definition) is 3. The Hall–Kier alpha value is -1.35. The van der Waals surface area contributed by atoms with Gasteiger partial charge in [0.25, 0.3) is 0 Å². The van der Waals surface area contributed by atoms with Gasteiger partial charge in [0.15, 0.2) is 0 Å². The molecule has 0 unspecified atom stereocenters. The van der Waals surface area contributed by atoms with E-state index in [4.69, 9.17) is 9.78 Å². The summed E-state index contributed by atoms with van der Waals surface area (Å²) in [7, 11) is 0. The molecule has 0 spiro atoms. The van der Waals surface area contributed by atoms with Crippen molar-refractivity contribution in [1.82, 2.24) is 0 Å². The van der Waals surface area contributed by atoms with Gasteiger partial charge in [0.1, 0.15) is 0 Å². The summed E-state index contributed by atoms with van der Waals surface area (Å²) in [6, 6.07) is 7.47. The summed E-state index contributed by atoms with van der Waals surface area (Å²) >= 11 is 0. The molecule has 0 N–H and O–H groups in total. The van der Waals surface area contributed by atoms with E-state index in [-0.39, 0.29) is 0 Å². The molecule has 0 radical (unpaired) electrons. The third-order valence-electron chi connectivity index (χ3n) is 3.53. The molecule has 1 rings (SSSR count). The van der Waals surface area contributed by atoms with Crippen molar-refractivity contribution in [2.45, 2.75) is 65.2 Å². The lowest BCUT2D eigenvalue weighted by Crippen LogP contribution is -2.07. The maximum Gasteiger partial charge on any atom is 0.373 e. The van der Waals surface area contributed by atoms with Crippen LogP contribution in [0.4, 0.5) is 0 Å². The van der Waals surface area contributed by atoms with Gasteiger partial charge in [0.05, 0.1) is 12.2 Å². The van der Waals surface area contributed by atoms with Crippen LogP contribution in [-0.4, -0.2) is 12.6 Å². The molecule has 0 aromatic heterocycles. The number of benzene rings is 1. The lowest BCUT2D eigenvalue weighted by Gasteiger charge is -2.07. The van der Waals surface area contributed by atoms with Crippen LogP contribution in [-0.2, 0) is 9.78 Å². The van der Waals surface area contributed by atoms with E-state index in [1.807, 2.05) is 12.1 Å². The minimum atomic E-state index is -0.420. The van der Waals surface area contributed by atoms with Crippen LogP contribution >= 0.6 is 0 Å². The first-order chi connectivity index (χ1) is 10.1. The van der Waals surface area contributed by atoms with Gasteiger partial charge in [-0.15, -0.1) is 0 Å². The van der Waals surface area contributed by atoms with Crippen LogP contribution in [0.2, 0.25) is 0 Å². The monoisotopic (exact) mass is 292 g/mol. The van der Waals surface area contributed by atoms with Gasteiger partial charge < -0.3 is 0 Å². The third kappa shape index (κ3) is 7.28. The summed E-state index contributed by atoms with van der Waals surface area (Å²) in [6.45, 7) is 6.92. The van der Waals surface area contributed by atoms with Crippen molar-refractivity contribution in [3.05, 3.63) is 35.4 Å². The first-order valence-electron chi connectivity index (χ1n) is 8.09. The molecular formula is C18H28O3. The molecule has 0 fully saturated rings. The highest BCUT2D eigenvalue weighted by Gasteiger charge is 2.08. The van der Waals surface area contributed by atoms with Crippen LogP contribution in [0.15, 0.2) is 24.3 Å². The zero-order chi connectivity index (χ0) is 15.5. The molecule has 3 nitrogen and oxygen atoms in total. The van der Waals surface area contributed by atoms with E-state index in [9.17, 15) is 4.79 Å². The number of carbonyl (C=O) groups is 1. The summed E-state index contributed by atoms with van der Waals surface area (Å²) in [5.74, 6) is 0.0373. The topological polar surface area (TPSA) is 35.5 Å². The van der Waals surface area contributed by atoms with E-state index in [1.54, 1.807) is 12.1 Å². The van der Waals surface area contributed by atoms with Crippen LogP contribution in [0.25, 0.3) is 0 Å². The van der Waals surface area contributed by atoms with Crippen molar-refractivity contribution >= 4 is 5.97 Å². The molecule has 0 amide bonds. The zero-order valence-electron chi connectivity index (χ0n) is 13.6. The second-order valence-electron chi connectivity index (χ2n) is 5.74. The van der Waals surface area contributed by atoms with Gasteiger partial charge in [-0.2, -0.15) is 4.89 Å². The molecule has 0 bridgehead atoms. The molecule has 0 aliphatic carbocycles. The minimum absolute atomic E-state index is 0.420. The van der Waals surface area contributed by atoms with Crippen LogP contribution in [0, 0.1) is 0 Å². The Labute approximate surface area is 128 Å². The van der Waals surface area contributed by atoms with Crippen LogP contribution in [0.3, 0.4) is 0 Å². The molecule has 0 saturated heterocycles. The van der Waals surface area contributed by atoms with Gasteiger partial charge in [0, 0.05) is 0 Å². The van der Waals surface area contributed by atoms with Gasteiger partial charge in [-0.25, -0.2) is 4.79 Å². The van der Waals surface area contributed by atoms with E-state index in [0.717, 1.165) is 12.8 Å². The fourth-order valence-corrected chi connectivity index (χ4v) is 2.09. The first kappa shape index (κ1) is 17.7. The predicted octanol–water partition coefficient (Wildman–Crippen LogP) is 5.26. The van der Waals surface area contributed by atoms with Crippen molar-refractivity contribution < 1.29 is 14.6 Å². The van der Waals surface area contributed by atoms with Crippen LogP contribution in [0.1, 0.15) is 81.1 Å². The van der Waals surface area contributed by atoms with E-state index in [1.165, 1.54) is 31.2 Å². The number of rotatable bonds is 10. The Bertz CT molecular complexity index is 395. The fourth-order valence-electron chi connectivity index (χ4n) is 2.09. The molecule has 118 valence electrons. The molecular weight excluding hydrogens is 264 g/mol. The molecule has 21 heavy (non-hydrogen) atoms. The maximum absolute atomic E-state index is 11.8. The Morgan fingerprint density at radius 2 is 1.62 bits per heavy atom. The Morgan fingerprint density at radius 1 is 1.00 bits per heavy atom. The standard InChI is InChI=1S/C18H28O3/c1-4-5-6-7-8-9-14-20-21-18(19)17-12-10-16(11-13-17)15(2)3/h10-13,15H,4-9,14H2,1-3H3. The van der Waals surface area contributed by atoms with E-state index in [0.29, 0.717) is 18.1 Å². The quantitative estimate of drug-likeness (QED) is 0.335. The predicted molar refractivity (Wildman–Crippen MR) is 85.3 cm³/mol. The van der Waals surface area contributed by atoms with Crippen LogP contribution in [0.5, 0.6) is 0 Å². The lowest BCUT2D eigenvalue weighted by molar-refractivity contribution is -0.241. The second kappa shape index (κ2) is 10.4. The molecule has 3 heteroatoms. The van der Waals surface area contributed by atoms with Crippen molar-refractivity contribution in [2.24, 2.45) is 0 Å². The molecule has 0 heterocycles. The van der Waals surface area contributed by atoms with E-state index < -0.39 is 5.97 Å². The number of unbranched alkanes of at least 4 members (excludes halogenated alkanes) is 5. The fraction of sp³-hybridized carbons (Fsp3) is 0.611. The molecule has 1 aromatic rings. The Kier molecular flexibility index (Phi) is 8.76.